The van der Waals surface area contributed by atoms with Gasteiger partial charge in [-0.2, -0.15) is 0 Å². The lowest BCUT2D eigenvalue weighted by molar-refractivity contribution is -0.143. The zero-order valence-corrected chi connectivity index (χ0v) is 19.6. The number of esters is 1. The van der Waals surface area contributed by atoms with Crippen molar-refractivity contribution in [3.63, 3.8) is 0 Å². The van der Waals surface area contributed by atoms with Crippen LogP contribution in [-0.2, 0) is 19.1 Å². The van der Waals surface area contributed by atoms with E-state index in [2.05, 4.69) is 11.4 Å². The van der Waals surface area contributed by atoms with Crippen LogP contribution in [0.4, 0.5) is 0 Å². The van der Waals surface area contributed by atoms with Crippen molar-refractivity contribution in [3.8, 4) is 0 Å². The number of amides is 1. The van der Waals surface area contributed by atoms with E-state index in [1.807, 2.05) is 32.9 Å². The Morgan fingerprint density at radius 2 is 2.06 bits per heavy atom. The Morgan fingerprint density at radius 1 is 1.38 bits per heavy atom. The fraction of sp³-hybridized carbons (Fsp3) is 0.640. The molecule has 32 heavy (non-hydrogen) atoms. The van der Waals surface area contributed by atoms with E-state index < -0.39 is 29.3 Å². The molecular formula is C25H35NO6. The molecule has 7 heteroatoms. The maximum absolute atomic E-state index is 12.9. The summed E-state index contributed by atoms with van der Waals surface area (Å²) in [4.78, 5) is 36.9. The number of allylic oxidation sites excluding steroid dienone is 5. The largest absolute Gasteiger partial charge is 0.511 e. The number of hydrogen-bond acceptors (Lipinski definition) is 6. The van der Waals surface area contributed by atoms with Gasteiger partial charge in [0.1, 0.15) is 17.4 Å². The average molecular weight is 446 g/mol. The summed E-state index contributed by atoms with van der Waals surface area (Å²) in [5.74, 6) is -1.46. The van der Waals surface area contributed by atoms with Gasteiger partial charge < -0.3 is 20.3 Å². The summed E-state index contributed by atoms with van der Waals surface area (Å²) in [6.07, 6.45) is 7.56. The molecule has 0 spiro atoms. The molecule has 0 aromatic carbocycles. The van der Waals surface area contributed by atoms with Crippen LogP contribution in [0.15, 0.2) is 35.1 Å². The van der Waals surface area contributed by atoms with Crippen molar-refractivity contribution >= 4 is 17.7 Å². The summed E-state index contributed by atoms with van der Waals surface area (Å²) < 4.78 is 5.24. The summed E-state index contributed by atoms with van der Waals surface area (Å²) in [5.41, 5.74) is -0.00772. The van der Waals surface area contributed by atoms with Crippen molar-refractivity contribution in [3.05, 3.63) is 35.1 Å². The highest BCUT2D eigenvalue weighted by molar-refractivity contribution is 6.27. The standard InChI is InChI=1S/C25H35NO6/c1-6-7-18-13(2)10-17-11-16(12-32-15(4)28)8-9-19(17)25(18,5)23(30)20-22(29)21(14(3)27)26-24(20)31/h6-7,10,14,16-19,21,27,30H,8-9,11-12H2,1-5H3,(H,26,31)/b7-6+,23-20-/t14-,16+,17-,18-,19-,21+,25-/m1/s1. The smallest absolute Gasteiger partial charge is 0.302 e. The third kappa shape index (κ3) is 4.15. The highest BCUT2D eigenvalue weighted by Crippen LogP contribution is 2.58. The zero-order valence-electron chi connectivity index (χ0n) is 19.6. The molecule has 0 aromatic heterocycles. The average Bonchev–Trinajstić information content (AvgIpc) is 3.03. The van der Waals surface area contributed by atoms with E-state index in [0.29, 0.717) is 6.61 Å². The fourth-order valence-electron chi connectivity index (χ4n) is 6.00. The van der Waals surface area contributed by atoms with Crippen molar-refractivity contribution in [2.75, 3.05) is 6.61 Å². The van der Waals surface area contributed by atoms with Crippen LogP contribution in [-0.4, -0.2) is 46.6 Å². The van der Waals surface area contributed by atoms with Crippen LogP contribution in [0, 0.1) is 29.1 Å². The number of nitrogens with one attached hydrogen (secondary N) is 1. The molecule has 3 aliphatic rings. The molecule has 1 amide bonds. The Hall–Kier alpha value is -2.41. The normalized spacial score (nSPS) is 37.6. The number of fused-ring (bicyclic) bond motifs is 1. The van der Waals surface area contributed by atoms with Crippen LogP contribution >= 0.6 is 0 Å². The van der Waals surface area contributed by atoms with E-state index >= 15 is 0 Å². The molecule has 3 rings (SSSR count). The highest BCUT2D eigenvalue weighted by atomic mass is 16.5. The number of carbonyl (C=O) groups is 3. The quantitative estimate of drug-likeness (QED) is 0.197. The van der Waals surface area contributed by atoms with E-state index in [9.17, 15) is 24.6 Å². The summed E-state index contributed by atoms with van der Waals surface area (Å²) >= 11 is 0. The molecule has 0 aromatic rings. The molecule has 1 heterocycles. The van der Waals surface area contributed by atoms with Gasteiger partial charge >= 0.3 is 5.97 Å². The van der Waals surface area contributed by atoms with E-state index in [4.69, 9.17) is 4.74 Å². The molecule has 176 valence electrons. The first-order chi connectivity index (χ1) is 15.0. The molecule has 0 radical (unpaired) electrons. The number of aliphatic hydroxyl groups excluding tert-OH is 2. The van der Waals surface area contributed by atoms with Crippen molar-refractivity contribution in [2.24, 2.45) is 29.1 Å². The Bertz CT molecular complexity index is 885. The van der Waals surface area contributed by atoms with Crippen LogP contribution in [0.25, 0.3) is 0 Å². The van der Waals surface area contributed by atoms with Gasteiger partial charge in [0, 0.05) is 18.3 Å². The Kier molecular flexibility index (Phi) is 6.98. The van der Waals surface area contributed by atoms with Gasteiger partial charge in [-0.15, -0.1) is 0 Å². The van der Waals surface area contributed by atoms with Crippen molar-refractivity contribution in [1.82, 2.24) is 5.32 Å². The van der Waals surface area contributed by atoms with Crippen LogP contribution in [0.5, 0.6) is 0 Å². The molecule has 1 aliphatic heterocycles. The molecule has 0 unspecified atom stereocenters. The van der Waals surface area contributed by atoms with E-state index in [1.54, 1.807) is 0 Å². The van der Waals surface area contributed by atoms with Crippen molar-refractivity contribution in [1.29, 1.82) is 0 Å². The number of carbonyl (C=O) groups excluding carboxylic acids is 3. The number of hydrogen-bond donors (Lipinski definition) is 3. The first-order valence-corrected chi connectivity index (χ1v) is 11.4. The molecule has 2 fully saturated rings. The topological polar surface area (TPSA) is 113 Å². The second kappa shape index (κ2) is 9.22. The third-order valence-electron chi connectivity index (χ3n) is 7.57. The zero-order chi connectivity index (χ0) is 23.8. The second-order valence-corrected chi connectivity index (χ2v) is 9.73. The Labute approximate surface area is 189 Å². The number of Topliss-reactive ketones (excluding diaryl/α,β-unsaturated/α-hetero) is 1. The lowest BCUT2D eigenvalue weighted by atomic mass is 9.52. The molecular weight excluding hydrogens is 410 g/mol. The molecule has 7 nitrogen and oxygen atoms in total. The lowest BCUT2D eigenvalue weighted by Crippen LogP contribution is -2.47. The molecule has 1 saturated heterocycles. The van der Waals surface area contributed by atoms with Crippen molar-refractivity contribution < 1.29 is 29.3 Å². The molecule has 3 N–H and O–H groups in total. The minimum atomic E-state index is -1.05. The van der Waals surface area contributed by atoms with E-state index in [0.717, 1.165) is 24.8 Å². The lowest BCUT2D eigenvalue weighted by Gasteiger charge is -2.52. The first kappa shape index (κ1) is 24.2. The number of aliphatic hydroxyl groups is 2. The van der Waals surface area contributed by atoms with Crippen LogP contribution in [0.2, 0.25) is 0 Å². The van der Waals surface area contributed by atoms with Gasteiger partial charge in [-0.25, -0.2) is 0 Å². The SMILES string of the molecule is C/C=C/[C@@H]1C(C)=C[C@@H]2C[C@@H](COC(C)=O)CC[C@H]2[C@]1(C)/C(O)=C1/C(=O)N[C@@H]([C@@H](C)O)C1=O. The summed E-state index contributed by atoms with van der Waals surface area (Å²) in [7, 11) is 0. The first-order valence-electron chi connectivity index (χ1n) is 11.4. The Morgan fingerprint density at radius 3 is 2.62 bits per heavy atom. The van der Waals surface area contributed by atoms with Gasteiger partial charge in [0.05, 0.1) is 12.7 Å². The summed E-state index contributed by atoms with van der Waals surface area (Å²) in [6, 6.07) is -1.04. The molecule has 2 aliphatic carbocycles. The fourth-order valence-corrected chi connectivity index (χ4v) is 6.00. The molecule has 7 atom stereocenters. The molecule has 0 bridgehead atoms. The maximum Gasteiger partial charge on any atom is 0.302 e. The minimum Gasteiger partial charge on any atom is -0.511 e. The highest BCUT2D eigenvalue weighted by Gasteiger charge is 2.54. The number of ketones is 1. The predicted octanol–water partition coefficient (Wildman–Crippen LogP) is 3.00. The Balaban J connectivity index is 2.04. The van der Waals surface area contributed by atoms with Gasteiger partial charge in [-0.3, -0.25) is 14.4 Å². The third-order valence-corrected chi connectivity index (χ3v) is 7.57. The number of ether oxygens (including phenoxy) is 1. The van der Waals surface area contributed by atoms with Gasteiger partial charge in [-0.1, -0.05) is 30.7 Å². The maximum atomic E-state index is 12.9. The van der Waals surface area contributed by atoms with Gasteiger partial charge in [0.2, 0.25) is 0 Å². The van der Waals surface area contributed by atoms with Gasteiger partial charge in [-0.05, 0) is 57.8 Å². The van der Waals surface area contributed by atoms with Crippen LogP contribution < -0.4 is 5.32 Å². The minimum absolute atomic E-state index is 0.0136. The number of rotatable bonds is 5. The van der Waals surface area contributed by atoms with Gasteiger partial charge in [0.15, 0.2) is 5.78 Å². The van der Waals surface area contributed by atoms with Crippen LogP contribution in [0.3, 0.4) is 0 Å². The second-order valence-electron chi connectivity index (χ2n) is 9.73. The van der Waals surface area contributed by atoms with Crippen molar-refractivity contribution in [2.45, 2.75) is 66.0 Å². The predicted molar refractivity (Wildman–Crippen MR) is 119 cm³/mol. The monoisotopic (exact) mass is 445 g/mol. The summed E-state index contributed by atoms with van der Waals surface area (Å²) in [6.45, 7) is 9.10. The molecule has 1 saturated carbocycles. The van der Waals surface area contributed by atoms with E-state index in [1.165, 1.54) is 13.8 Å². The summed E-state index contributed by atoms with van der Waals surface area (Å²) in [5, 5.41) is 24.0. The van der Waals surface area contributed by atoms with E-state index in [-0.39, 0.29) is 41.0 Å². The van der Waals surface area contributed by atoms with Gasteiger partial charge in [0.25, 0.3) is 5.91 Å². The van der Waals surface area contributed by atoms with Crippen LogP contribution in [0.1, 0.15) is 53.9 Å².